The molecule has 1 heterocycles. The lowest BCUT2D eigenvalue weighted by molar-refractivity contribution is -0.139. The minimum Gasteiger partial charge on any atom is -0.340 e. The number of piperidine rings is 1. The normalized spacial score (nSPS) is 24.3. The van der Waals surface area contributed by atoms with Crippen LogP contribution in [0.1, 0.15) is 40.0 Å². The van der Waals surface area contributed by atoms with Gasteiger partial charge in [0, 0.05) is 19.1 Å². The summed E-state index contributed by atoms with van der Waals surface area (Å²) < 4.78 is 0. The maximum atomic E-state index is 12.2. The van der Waals surface area contributed by atoms with Crippen molar-refractivity contribution in [3.05, 3.63) is 0 Å². The van der Waals surface area contributed by atoms with Crippen LogP contribution in [0.15, 0.2) is 0 Å². The van der Waals surface area contributed by atoms with Crippen LogP contribution in [-0.4, -0.2) is 29.9 Å². The summed E-state index contributed by atoms with van der Waals surface area (Å²) >= 11 is 0. The molecule has 0 aromatic heterocycles. The van der Waals surface area contributed by atoms with E-state index in [4.69, 9.17) is 5.73 Å². The Kier molecular flexibility index (Phi) is 4.58. The number of carbonyl (C=O) groups excluding carboxylic acids is 1. The van der Waals surface area contributed by atoms with Crippen molar-refractivity contribution in [3.8, 4) is 0 Å². The van der Waals surface area contributed by atoms with Crippen LogP contribution in [0.4, 0.5) is 0 Å². The predicted molar refractivity (Wildman–Crippen MR) is 62.4 cm³/mol. The Bertz CT molecular complexity index is 216. The van der Waals surface area contributed by atoms with Gasteiger partial charge in [0.1, 0.15) is 0 Å². The number of hydrogen-bond acceptors (Lipinski definition) is 2. The van der Waals surface area contributed by atoms with Crippen molar-refractivity contribution in [2.45, 2.75) is 46.1 Å². The van der Waals surface area contributed by atoms with Gasteiger partial charge in [0.25, 0.3) is 0 Å². The molecule has 1 aliphatic heterocycles. The quantitative estimate of drug-likeness (QED) is 0.772. The van der Waals surface area contributed by atoms with Gasteiger partial charge in [0.15, 0.2) is 0 Å². The lowest BCUT2D eigenvalue weighted by Gasteiger charge is -2.36. The maximum absolute atomic E-state index is 12.2. The fourth-order valence-corrected chi connectivity index (χ4v) is 2.30. The summed E-state index contributed by atoms with van der Waals surface area (Å²) in [6.45, 7) is 7.68. The third kappa shape index (κ3) is 2.94. The van der Waals surface area contributed by atoms with E-state index in [1.54, 1.807) is 0 Å². The van der Waals surface area contributed by atoms with Crippen LogP contribution in [0.25, 0.3) is 0 Å². The fourth-order valence-electron chi connectivity index (χ4n) is 2.30. The number of amides is 1. The van der Waals surface area contributed by atoms with E-state index in [2.05, 4.69) is 20.8 Å². The minimum absolute atomic E-state index is 0.00514. The van der Waals surface area contributed by atoms with Crippen molar-refractivity contribution in [3.63, 3.8) is 0 Å². The van der Waals surface area contributed by atoms with Crippen LogP contribution in [0.3, 0.4) is 0 Å². The van der Waals surface area contributed by atoms with E-state index in [0.29, 0.717) is 18.5 Å². The van der Waals surface area contributed by atoms with Crippen molar-refractivity contribution < 1.29 is 4.79 Å². The van der Waals surface area contributed by atoms with E-state index in [1.807, 2.05) is 4.90 Å². The summed E-state index contributed by atoms with van der Waals surface area (Å²) in [5.41, 5.74) is 5.68. The van der Waals surface area contributed by atoms with Crippen molar-refractivity contribution in [1.82, 2.24) is 4.90 Å². The molecule has 1 aliphatic rings. The molecule has 2 N–H and O–H groups in total. The van der Waals surface area contributed by atoms with Gasteiger partial charge in [0.05, 0.1) is 5.92 Å². The number of carbonyl (C=O) groups is 1. The average molecular weight is 212 g/mol. The van der Waals surface area contributed by atoms with E-state index in [1.165, 1.54) is 6.42 Å². The molecule has 15 heavy (non-hydrogen) atoms. The maximum Gasteiger partial charge on any atom is 0.227 e. The average Bonchev–Trinajstić information content (AvgIpc) is 2.18. The van der Waals surface area contributed by atoms with Crippen LogP contribution in [0.5, 0.6) is 0 Å². The Morgan fingerprint density at radius 3 is 2.60 bits per heavy atom. The van der Waals surface area contributed by atoms with Crippen molar-refractivity contribution in [2.24, 2.45) is 17.6 Å². The highest BCUT2D eigenvalue weighted by atomic mass is 16.2. The molecule has 0 aromatic rings. The van der Waals surface area contributed by atoms with E-state index >= 15 is 0 Å². The highest BCUT2D eigenvalue weighted by molar-refractivity contribution is 5.79. The summed E-state index contributed by atoms with van der Waals surface area (Å²) in [6.07, 6.45) is 3.53. The Hall–Kier alpha value is -0.570. The number of hydrogen-bond donors (Lipinski definition) is 1. The van der Waals surface area contributed by atoms with E-state index in [-0.39, 0.29) is 11.8 Å². The molecule has 0 saturated carbocycles. The molecule has 3 nitrogen and oxygen atoms in total. The Morgan fingerprint density at radius 1 is 1.47 bits per heavy atom. The lowest BCUT2D eigenvalue weighted by Crippen LogP contribution is -2.47. The first-order chi connectivity index (χ1) is 7.07. The molecule has 1 rings (SSSR count). The van der Waals surface area contributed by atoms with Crippen molar-refractivity contribution >= 4 is 5.91 Å². The third-order valence-corrected chi connectivity index (χ3v) is 3.46. The summed E-state index contributed by atoms with van der Waals surface area (Å²) in [6, 6.07) is 0.402. The fraction of sp³-hybridized carbons (Fsp3) is 0.917. The van der Waals surface area contributed by atoms with Crippen LogP contribution >= 0.6 is 0 Å². The van der Waals surface area contributed by atoms with Gasteiger partial charge in [-0.1, -0.05) is 13.8 Å². The topological polar surface area (TPSA) is 46.3 Å². The van der Waals surface area contributed by atoms with Gasteiger partial charge >= 0.3 is 0 Å². The van der Waals surface area contributed by atoms with Crippen molar-refractivity contribution in [1.29, 1.82) is 0 Å². The summed E-state index contributed by atoms with van der Waals surface area (Å²) in [4.78, 5) is 14.3. The first kappa shape index (κ1) is 12.5. The smallest absolute Gasteiger partial charge is 0.227 e. The second-order valence-electron chi connectivity index (χ2n) is 4.96. The SMILES string of the molecule is CC(C)C(CN)C(=O)N1CCCCC1C. The molecule has 3 heteroatoms. The molecule has 1 fully saturated rings. The molecule has 0 radical (unpaired) electrons. The molecular formula is C12H24N2O. The molecule has 0 bridgehead atoms. The second kappa shape index (κ2) is 5.50. The van der Waals surface area contributed by atoms with E-state index in [9.17, 15) is 4.79 Å². The molecule has 88 valence electrons. The van der Waals surface area contributed by atoms with Crippen LogP contribution in [-0.2, 0) is 4.79 Å². The van der Waals surface area contributed by atoms with Gasteiger partial charge in [0.2, 0.25) is 5.91 Å². The van der Waals surface area contributed by atoms with Gasteiger partial charge in [-0.2, -0.15) is 0 Å². The number of nitrogens with zero attached hydrogens (tertiary/aromatic N) is 1. The molecule has 2 atom stereocenters. The summed E-state index contributed by atoms with van der Waals surface area (Å²) in [5.74, 6) is 0.613. The molecular weight excluding hydrogens is 188 g/mol. The molecule has 0 spiro atoms. The predicted octanol–water partition coefficient (Wildman–Crippen LogP) is 1.62. The van der Waals surface area contributed by atoms with Crippen molar-refractivity contribution in [2.75, 3.05) is 13.1 Å². The molecule has 0 aromatic carbocycles. The standard InChI is InChI=1S/C12H24N2O/c1-9(2)11(8-13)12(15)14-7-5-4-6-10(14)3/h9-11H,4-8,13H2,1-3H3. The van der Waals surface area contributed by atoms with Crippen LogP contribution < -0.4 is 5.73 Å². The molecule has 1 saturated heterocycles. The highest BCUT2D eigenvalue weighted by Gasteiger charge is 2.29. The largest absolute Gasteiger partial charge is 0.340 e. The first-order valence-corrected chi connectivity index (χ1v) is 6.08. The van der Waals surface area contributed by atoms with E-state index < -0.39 is 0 Å². The van der Waals surface area contributed by atoms with Crippen LogP contribution in [0, 0.1) is 11.8 Å². The van der Waals surface area contributed by atoms with Gasteiger partial charge in [-0.3, -0.25) is 4.79 Å². The van der Waals surface area contributed by atoms with Gasteiger partial charge in [-0.15, -0.1) is 0 Å². The zero-order valence-corrected chi connectivity index (χ0v) is 10.2. The number of likely N-dealkylation sites (tertiary alicyclic amines) is 1. The lowest BCUT2D eigenvalue weighted by atomic mass is 9.92. The second-order valence-corrected chi connectivity index (χ2v) is 4.96. The Balaban J connectivity index is 2.64. The first-order valence-electron chi connectivity index (χ1n) is 6.08. The monoisotopic (exact) mass is 212 g/mol. The number of nitrogens with two attached hydrogens (primary N) is 1. The van der Waals surface area contributed by atoms with Crippen LogP contribution in [0.2, 0.25) is 0 Å². The molecule has 2 unspecified atom stereocenters. The summed E-state index contributed by atoms with van der Waals surface area (Å²) in [7, 11) is 0. The molecule has 0 aliphatic carbocycles. The Labute approximate surface area is 93.0 Å². The highest BCUT2D eigenvalue weighted by Crippen LogP contribution is 2.21. The van der Waals surface area contributed by atoms with Gasteiger partial charge in [-0.05, 0) is 32.1 Å². The molecule has 1 amide bonds. The number of rotatable bonds is 3. The van der Waals surface area contributed by atoms with E-state index in [0.717, 1.165) is 19.4 Å². The zero-order chi connectivity index (χ0) is 11.4. The van der Waals surface area contributed by atoms with Gasteiger partial charge in [-0.25, -0.2) is 0 Å². The zero-order valence-electron chi connectivity index (χ0n) is 10.2. The summed E-state index contributed by atoms with van der Waals surface area (Å²) in [5, 5.41) is 0. The third-order valence-electron chi connectivity index (χ3n) is 3.46. The minimum atomic E-state index is 0.00514. The van der Waals surface area contributed by atoms with Gasteiger partial charge < -0.3 is 10.6 Å². The Morgan fingerprint density at radius 2 is 2.13 bits per heavy atom.